The van der Waals surface area contributed by atoms with E-state index in [1.807, 2.05) is 14.1 Å². The van der Waals surface area contributed by atoms with Gasteiger partial charge in [0.2, 0.25) is 0 Å². The number of hydrogen-bond donors (Lipinski definition) is 2. The van der Waals surface area contributed by atoms with Crippen LogP contribution in [0.4, 0.5) is 0 Å². The summed E-state index contributed by atoms with van der Waals surface area (Å²) in [6.45, 7) is 2.61. The van der Waals surface area contributed by atoms with Crippen molar-refractivity contribution in [1.29, 1.82) is 0 Å². The molecule has 1 rings (SSSR count). The molecule has 1 fully saturated rings. The Hall–Kier alpha value is -0.210. The van der Waals surface area contributed by atoms with Crippen molar-refractivity contribution < 1.29 is 8.42 Å². The van der Waals surface area contributed by atoms with Crippen LogP contribution in [0.15, 0.2) is 0 Å². The predicted octanol–water partition coefficient (Wildman–Crippen LogP) is -0.544. The smallest absolute Gasteiger partial charge is 0.279 e. The van der Waals surface area contributed by atoms with Crippen molar-refractivity contribution in [2.24, 2.45) is 0 Å². The van der Waals surface area contributed by atoms with Crippen LogP contribution in [0.1, 0.15) is 19.3 Å². The number of rotatable bonds is 10. The van der Waals surface area contributed by atoms with E-state index < -0.39 is 10.2 Å². The Morgan fingerprint density at radius 1 is 1.17 bits per heavy atom. The maximum Gasteiger partial charge on any atom is 0.279 e. The Kier molecular flexibility index (Phi) is 6.51. The minimum absolute atomic E-state index is 0.478. The van der Waals surface area contributed by atoms with Crippen LogP contribution in [0.3, 0.4) is 0 Å². The lowest BCUT2D eigenvalue weighted by Crippen LogP contribution is -2.42. The van der Waals surface area contributed by atoms with Crippen molar-refractivity contribution in [3.05, 3.63) is 0 Å². The lowest BCUT2D eigenvalue weighted by Gasteiger charge is -2.20. The van der Waals surface area contributed by atoms with Gasteiger partial charge in [0.05, 0.1) is 0 Å². The third kappa shape index (κ3) is 5.62. The van der Waals surface area contributed by atoms with Crippen molar-refractivity contribution in [1.82, 2.24) is 19.2 Å². The SMILES string of the molecule is CNCCCN(C)S(=O)(=O)NCCN(C)C1CC1. The van der Waals surface area contributed by atoms with E-state index in [9.17, 15) is 8.42 Å². The van der Waals surface area contributed by atoms with Crippen LogP contribution in [0.25, 0.3) is 0 Å². The largest absolute Gasteiger partial charge is 0.320 e. The van der Waals surface area contributed by atoms with Crippen LogP contribution in [0.5, 0.6) is 0 Å². The number of likely N-dealkylation sites (N-methyl/N-ethyl adjacent to an activating group) is 1. The second-order valence-corrected chi connectivity index (χ2v) is 6.75. The summed E-state index contributed by atoms with van der Waals surface area (Å²) >= 11 is 0. The highest BCUT2D eigenvalue weighted by atomic mass is 32.2. The van der Waals surface area contributed by atoms with Gasteiger partial charge in [0, 0.05) is 32.7 Å². The average Bonchev–Trinajstić information content (AvgIpc) is 3.12. The molecule has 7 heteroatoms. The summed E-state index contributed by atoms with van der Waals surface area (Å²) in [5.74, 6) is 0. The summed E-state index contributed by atoms with van der Waals surface area (Å²) in [5.41, 5.74) is 0. The molecule has 1 aliphatic carbocycles. The molecule has 2 N–H and O–H groups in total. The van der Waals surface area contributed by atoms with Gasteiger partial charge in [-0.2, -0.15) is 12.7 Å². The molecule has 0 aromatic rings. The van der Waals surface area contributed by atoms with E-state index >= 15 is 0 Å². The fraction of sp³-hybridized carbons (Fsp3) is 1.00. The van der Waals surface area contributed by atoms with Crippen molar-refractivity contribution in [2.75, 3.05) is 47.3 Å². The van der Waals surface area contributed by atoms with Crippen LogP contribution >= 0.6 is 0 Å². The second-order valence-electron chi connectivity index (χ2n) is 4.89. The normalized spacial score (nSPS) is 16.7. The Morgan fingerprint density at radius 2 is 1.83 bits per heavy atom. The molecule has 0 aromatic heterocycles. The zero-order valence-corrected chi connectivity index (χ0v) is 12.5. The highest BCUT2D eigenvalue weighted by Crippen LogP contribution is 2.24. The lowest BCUT2D eigenvalue weighted by atomic mass is 10.4. The van der Waals surface area contributed by atoms with E-state index in [0.717, 1.165) is 19.5 Å². The molecule has 108 valence electrons. The van der Waals surface area contributed by atoms with Gasteiger partial charge in [0.1, 0.15) is 0 Å². The van der Waals surface area contributed by atoms with Crippen LogP contribution in [-0.4, -0.2) is 71.0 Å². The number of hydrogen-bond acceptors (Lipinski definition) is 4. The zero-order valence-electron chi connectivity index (χ0n) is 11.6. The zero-order chi connectivity index (χ0) is 13.6. The summed E-state index contributed by atoms with van der Waals surface area (Å²) in [5, 5.41) is 3.00. The van der Waals surface area contributed by atoms with Crippen LogP contribution in [0.2, 0.25) is 0 Å². The second kappa shape index (κ2) is 7.40. The first kappa shape index (κ1) is 15.8. The Balaban J connectivity index is 2.20. The monoisotopic (exact) mass is 278 g/mol. The molecule has 0 atom stereocenters. The van der Waals surface area contributed by atoms with Gasteiger partial charge in [-0.3, -0.25) is 0 Å². The van der Waals surface area contributed by atoms with Gasteiger partial charge in [0.15, 0.2) is 0 Å². The topological polar surface area (TPSA) is 64.7 Å². The fourth-order valence-corrected chi connectivity index (χ4v) is 2.70. The molecule has 0 spiro atoms. The van der Waals surface area contributed by atoms with Gasteiger partial charge < -0.3 is 10.2 Å². The van der Waals surface area contributed by atoms with Crippen molar-refractivity contribution in [2.45, 2.75) is 25.3 Å². The lowest BCUT2D eigenvalue weighted by molar-refractivity contribution is 0.327. The third-order valence-corrected chi connectivity index (χ3v) is 4.80. The van der Waals surface area contributed by atoms with E-state index in [0.29, 0.717) is 19.1 Å². The highest BCUT2D eigenvalue weighted by molar-refractivity contribution is 7.87. The molecule has 1 aliphatic rings. The fourth-order valence-electron chi connectivity index (χ4n) is 1.76. The van der Waals surface area contributed by atoms with Crippen molar-refractivity contribution >= 4 is 10.2 Å². The van der Waals surface area contributed by atoms with Gasteiger partial charge >= 0.3 is 0 Å². The van der Waals surface area contributed by atoms with Crippen molar-refractivity contribution in [3.8, 4) is 0 Å². The number of nitrogens with one attached hydrogen (secondary N) is 2. The molecule has 0 unspecified atom stereocenters. The molecule has 0 amide bonds. The van der Waals surface area contributed by atoms with Gasteiger partial charge in [-0.25, -0.2) is 4.72 Å². The molecule has 0 aromatic carbocycles. The van der Waals surface area contributed by atoms with E-state index in [2.05, 4.69) is 14.9 Å². The molecular weight excluding hydrogens is 252 g/mol. The van der Waals surface area contributed by atoms with Gasteiger partial charge in [-0.15, -0.1) is 0 Å². The van der Waals surface area contributed by atoms with Crippen molar-refractivity contribution in [3.63, 3.8) is 0 Å². The summed E-state index contributed by atoms with van der Waals surface area (Å²) in [4.78, 5) is 2.21. The molecule has 18 heavy (non-hydrogen) atoms. The number of nitrogens with zero attached hydrogens (tertiary/aromatic N) is 2. The maximum absolute atomic E-state index is 11.9. The van der Waals surface area contributed by atoms with Gasteiger partial charge in [-0.1, -0.05) is 0 Å². The first-order valence-corrected chi connectivity index (χ1v) is 7.97. The maximum atomic E-state index is 11.9. The minimum Gasteiger partial charge on any atom is -0.320 e. The van der Waals surface area contributed by atoms with Gasteiger partial charge in [0.25, 0.3) is 10.2 Å². The van der Waals surface area contributed by atoms with Crippen LogP contribution in [0, 0.1) is 0 Å². The molecular formula is C11H26N4O2S. The highest BCUT2D eigenvalue weighted by Gasteiger charge is 2.26. The van der Waals surface area contributed by atoms with Gasteiger partial charge in [-0.05, 0) is 39.9 Å². The van der Waals surface area contributed by atoms with Crippen LogP contribution < -0.4 is 10.0 Å². The molecule has 0 bridgehead atoms. The summed E-state index contributed by atoms with van der Waals surface area (Å²) in [6.07, 6.45) is 3.30. The molecule has 0 saturated heterocycles. The molecule has 0 radical (unpaired) electrons. The van der Waals surface area contributed by atoms with E-state index in [4.69, 9.17) is 0 Å². The standard InChI is InChI=1S/C11H26N4O2S/c1-12-7-4-9-15(3)18(16,17)13-8-10-14(2)11-5-6-11/h11-13H,4-10H2,1-3H3. The Morgan fingerprint density at radius 3 is 2.39 bits per heavy atom. The van der Waals surface area contributed by atoms with E-state index in [1.54, 1.807) is 7.05 Å². The predicted molar refractivity (Wildman–Crippen MR) is 73.7 cm³/mol. The van der Waals surface area contributed by atoms with E-state index in [-0.39, 0.29) is 0 Å². The minimum atomic E-state index is -3.31. The molecule has 6 nitrogen and oxygen atoms in total. The average molecular weight is 278 g/mol. The Labute approximate surface area is 111 Å². The quantitative estimate of drug-likeness (QED) is 0.527. The van der Waals surface area contributed by atoms with Crippen LogP contribution in [-0.2, 0) is 10.2 Å². The first-order chi connectivity index (χ1) is 8.47. The Bertz CT molecular complexity index is 330. The summed E-state index contributed by atoms with van der Waals surface area (Å²) < 4.78 is 27.7. The summed E-state index contributed by atoms with van der Waals surface area (Å²) in [6, 6.07) is 0.669. The first-order valence-electron chi connectivity index (χ1n) is 6.53. The molecule has 0 heterocycles. The molecule has 0 aliphatic heterocycles. The summed E-state index contributed by atoms with van der Waals surface area (Å²) in [7, 11) is 2.21. The molecule has 1 saturated carbocycles. The van der Waals surface area contributed by atoms with E-state index in [1.165, 1.54) is 17.1 Å². The third-order valence-electron chi connectivity index (χ3n) is 3.23.